The molecule has 9 rings (SSSR count). The first-order chi connectivity index (χ1) is 25.2. The van der Waals surface area contributed by atoms with Crippen LogP contribution in [0.3, 0.4) is 0 Å². The van der Waals surface area contributed by atoms with Crippen molar-refractivity contribution < 1.29 is 4.42 Å². The summed E-state index contributed by atoms with van der Waals surface area (Å²) in [6.45, 7) is 0. The van der Waals surface area contributed by atoms with Crippen LogP contribution in [-0.2, 0) is 0 Å². The lowest BCUT2D eigenvalue weighted by Crippen LogP contribution is -2.00. The molecule has 0 radical (unpaired) electrons. The normalized spacial score (nSPS) is 11.1. The van der Waals surface area contributed by atoms with Crippen LogP contribution in [0.15, 0.2) is 168 Å². The fourth-order valence-electron chi connectivity index (χ4n) is 6.46. The second kappa shape index (κ2) is 12.7. The van der Waals surface area contributed by atoms with E-state index in [-0.39, 0.29) is 0 Å². The largest absolute Gasteiger partial charge is 0.456 e. The van der Waals surface area contributed by atoms with Crippen LogP contribution in [0, 0.1) is 11.3 Å². The molecule has 0 aliphatic carbocycles. The van der Waals surface area contributed by atoms with Crippen molar-refractivity contribution in [2.75, 3.05) is 0 Å². The Morgan fingerprint density at radius 1 is 0.451 bits per heavy atom. The number of pyridine rings is 1. The van der Waals surface area contributed by atoms with Crippen molar-refractivity contribution in [1.82, 2.24) is 19.9 Å². The number of benzene rings is 6. The highest BCUT2D eigenvalue weighted by molar-refractivity contribution is 6.13. The van der Waals surface area contributed by atoms with Crippen molar-refractivity contribution >= 4 is 21.9 Å². The Kier molecular flexibility index (Phi) is 7.42. The molecule has 51 heavy (non-hydrogen) atoms. The van der Waals surface area contributed by atoms with Gasteiger partial charge in [-0.2, -0.15) is 5.26 Å². The summed E-state index contributed by atoms with van der Waals surface area (Å²) in [7, 11) is 0. The minimum Gasteiger partial charge on any atom is -0.456 e. The highest BCUT2D eigenvalue weighted by Gasteiger charge is 2.17. The molecule has 0 amide bonds. The maximum Gasteiger partial charge on any atom is 0.164 e. The summed E-state index contributed by atoms with van der Waals surface area (Å²) in [4.78, 5) is 19.3. The molecule has 0 aliphatic rings. The molecule has 0 bridgehead atoms. The van der Waals surface area contributed by atoms with Crippen molar-refractivity contribution in [2.24, 2.45) is 0 Å². The first-order valence-electron chi connectivity index (χ1n) is 16.6. The third kappa shape index (κ3) is 5.69. The van der Waals surface area contributed by atoms with Gasteiger partial charge in [0.15, 0.2) is 17.5 Å². The summed E-state index contributed by atoms with van der Waals surface area (Å²) in [5.74, 6) is 1.72. The Bertz CT molecular complexity index is 2710. The van der Waals surface area contributed by atoms with Gasteiger partial charge in [0, 0.05) is 39.2 Å². The molecule has 0 aliphatic heterocycles. The molecule has 0 saturated carbocycles. The third-order valence-corrected chi connectivity index (χ3v) is 9.07. The average Bonchev–Trinajstić information content (AvgIpc) is 3.60. The number of rotatable bonds is 6. The molecule has 0 unspecified atom stereocenters. The smallest absolute Gasteiger partial charge is 0.164 e. The van der Waals surface area contributed by atoms with Gasteiger partial charge in [-0.1, -0.05) is 115 Å². The quantitative estimate of drug-likeness (QED) is 0.177. The Morgan fingerprint density at radius 2 is 1.04 bits per heavy atom. The molecule has 9 aromatic rings. The van der Waals surface area contributed by atoms with E-state index in [1.807, 2.05) is 121 Å². The number of furan rings is 1. The van der Waals surface area contributed by atoms with E-state index in [0.717, 1.165) is 72.1 Å². The van der Waals surface area contributed by atoms with Gasteiger partial charge < -0.3 is 4.42 Å². The number of aromatic nitrogens is 4. The van der Waals surface area contributed by atoms with Gasteiger partial charge in [0.05, 0.1) is 17.3 Å². The number of hydrogen-bond acceptors (Lipinski definition) is 6. The molecule has 3 heterocycles. The minimum atomic E-state index is 0.558. The van der Waals surface area contributed by atoms with Gasteiger partial charge >= 0.3 is 0 Å². The molecular formula is C45H27N5O. The summed E-state index contributed by atoms with van der Waals surface area (Å²) in [6.07, 6.45) is 1.81. The standard InChI is InChI=1S/C45H27N5O/c46-28-29-12-14-30(15-13-29)31-16-22-35(23-17-31)44-48-43(34-7-2-1-3-8-34)49-45(50-44)36-24-25-38-41(27-36)51-40-11-6-9-37(42(38)40)32-18-20-33(21-19-32)39-10-4-5-26-47-39/h1-27H. The van der Waals surface area contributed by atoms with E-state index in [4.69, 9.17) is 19.4 Å². The molecule has 238 valence electrons. The van der Waals surface area contributed by atoms with Crippen LogP contribution >= 0.6 is 0 Å². The Hall–Kier alpha value is -7.23. The molecule has 6 aromatic carbocycles. The Labute approximate surface area is 294 Å². The fraction of sp³-hybridized carbons (Fsp3) is 0. The molecular weight excluding hydrogens is 627 g/mol. The number of nitrogens with zero attached hydrogens (tertiary/aromatic N) is 5. The maximum absolute atomic E-state index is 9.17. The second-order valence-corrected chi connectivity index (χ2v) is 12.2. The zero-order valence-electron chi connectivity index (χ0n) is 27.2. The second-order valence-electron chi connectivity index (χ2n) is 12.2. The average molecular weight is 654 g/mol. The van der Waals surface area contributed by atoms with Crippen LogP contribution in [0.25, 0.3) is 89.6 Å². The van der Waals surface area contributed by atoms with Crippen molar-refractivity contribution in [3.8, 4) is 73.7 Å². The van der Waals surface area contributed by atoms with Crippen LogP contribution < -0.4 is 0 Å². The molecule has 0 fully saturated rings. The molecule has 0 spiro atoms. The number of hydrogen-bond donors (Lipinski definition) is 0. The summed E-state index contributed by atoms with van der Waals surface area (Å²) in [5, 5.41) is 11.3. The summed E-state index contributed by atoms with van der Waals surface area (Å²) in [5.41, 5.74) is 11.1. The van der Waals surface area contributed by atoms with E-state index in [1.54, 1.807) is 0 Å². The van der Waals surface area contributed by atoms with Crippen molar-refractivity contribution in [1.29, 1.82) is 5.26 Å². The van der Waals surface area contributed by atoms with Crippen LogP contribution in [0.4, 0.5) is 0 Å². The Balaban J connectivity index is 1.11. The lowest BCUT2D eigenvalue weighted by atomic mass is 9.97. The van der Waals surface area contributed by atoms with Gasteiger partial charge in [-0.05, 0) is 64.7 Å². The van der Waals surface area contributed by atoms with Gasteiger partial charge in [-0.15, -0.1) is 0 Å². The van der Waals surface area contributed by atoms with Crippen molar-refractivity contribution in [2.45, 2.75) is 0 Å². The first kappa shape index (κ1) is 29.9. The predicted octanol–water partition coefficient (Wildman–Crippen LogP) is 11.0. The van der Waals surface area contributed by atoms with E-state index in [2.05, 4.69) is 53.5 Å². The Morgan fingerprint density at radius 3 is 1.73 bits per heavy atom. The summed E-state index contributed by atoms with van der Waals surface area (Å²) >= 11 is 0. The lowest BCUT2D eigenvalue weighted by Gasteiger charge is -2.09. The first-order valence-corrected chi connectivity index (χ1v) is 16.6. The maximum atomic E-state index is 9.17. The molecule has 6 heteroatoms. The fourth-order valence-corrected chi connectivity index (χ4v) is 6.46. The molecule has 6 nitrogen and oxygen atoms in total. The van der Waals surface area contributed by atoms with Crippen molar-refractivity contribution in [3.63, 3.8) is 0 Å². The van der Waals surface area contributed by atoms with Gasteiger partial charge in [-0.25, -0.2) is 15.0 Å². The van der Waals surface area contributed by atoms with E-state index in [1.165, 1.54) is 0 Å². The zero-order chi connectivity index (χ0) is 34.1. The van der Waals surface area contributed by atoms with Gasteiger partial charge in [0.1, 0.15) is 11.2 Å². The number of fused-ring (bicyclic) bond motifs is 3. The van der Waals surface area contributed by atoms with Crippen LogP contribution in [0.1, 0.15) is 5.56 Å². The third-order valence-electron chi connectivity index (χ3n) is 9.07. The molecule has 0 saturated heterocycles. The van der Waals surface area contributed by atoms with Crippen LogP contribution in [0.2, 0.25) is 0 Å². The minimum absolute atomic E-state index is 0.558. The van der Waals surface area contributed by atoms with Gasteiger partial charge in [0.2, 0.25) is 0 Å². The summed E-state index contributed by atoms with van der Waals surface area (Å²) < 4.78 is 6.47. The number of nitriles is 1. The van der Waals surface area contributed by atoms with E-state index < -0.39 is 0 Å². The lowest BCUT2D eigenvalue weighted by molar-refractivity contribution is 0.669. The SMILES string of the molecule is N#Cc1ccc(-c2ccc(-c3nc(-c4ccccc4)nc(-c4ccc5c(c4)oc4cccc(-c6ccc(-c7ccccn7)cc6)c45)n3)cc2)cc1. The van der Waals surface area contributed by atoms with Gasteiger partial charge in [-0.3, -0.25) is 4.98 Å². The monoisotopic (exact) mass is 653 g/mol. The molecule has 0 atom stereocenters. The van der Waals surface area contributed by atoms with Crippen LogP contribution in [0.5, 0.6) is 0 Å². The van der Waals surface area contributed by atoms with E-state index >= 15 is 0 Å². The predicted molar refractivity (Wildman–Crippen MR) is 202 cm³/mol. The van der Waals surface area contributed by atoms with Crippen LogP contribution in [-0.4, -0.2) is 19.9 Å². The van der Waals surface area contributed by atoms with Gasteiger partial charge in [0.25, 0.3) is 0 Å². The van der Waals surface area contributed by atoms with Crippen molar-refractivity contribution in [3.05, 3.63) is 169 Å². The van der Waals surface area contributed by atoms with E-state index in [0.29, 0.717) is 23.0 Å². The zero-order valence-corrected chi connectivity index (χ0v) is 27.2. The highest BCUT2D eigenvalue weighted by Crippen LogP contribution is 2.39. The molecule has 3 aromatic heterocycles. The topological polar surface area (TPSA) is 88.5 Å². The molecule has 0 N–H and O–H groups in total. The van der Waals surface area contributed by atoms with E-state index in [9.17, 15) is 5.26 Å². The summed E-state index contributed by atoms with van der Waals surface area (Å²) in [6, 6.07) is 54.6. The highest BCUT2D eigenvalue weighted by atomic mass is 16.3.